The molecule has 2 aromatic carbocycles. The number of nitrogens with zero attached hydrogens (tertiary/aromatic N) is 1. The van der Waals surface area contributed by atoms with Gasteiger partial charge in [-0.05, 0) is 24.3 Å². The van der Waals surface area contributed by atoms with E-state index in [0.29, 0.717) is 12.2 Å². The van der Waals surface area contributed by atoms with Crippen LogP contribution in [0.1, 0.15) is 12.2 Å². The lowest BCUT2D eigenvalue weighted by molar-refractivity contribution is -0.116. The zero-order valence-electron chi connectivity index (χ0n) is 11.6. The van der Waals surface area contributed by atoms with E-state index >= 15 is 0 Å². The van der Waals surface area contributed by atoms with Crippen LogP contribution in [-0.2, 0) is 11.2 Å². The number of hydrogen-bond donors (Lipinski definition) is 2. The summed E-state index contributed by atoms with van der Waals surface area (Å²) in [5, 5.41) is 2.53. The number of aryl methyl sites for hydroxylation is 1. The second-order valence-electron chi connectivity index (χ2n) is 4.88. The molecule has 1 aromatic heterocycles. The van der Waals surface area contributed by atoms with Gasteiger partial charge in [-0.25, -0.2) is 13.8 Å². The van der Waals surface area contributed by atoms with Gasteiger partial charge in [0, 0.05) is 24.6 Å². The molecule has 0 aliphatic heterocycles. The van der Waals surface area contributed by atoms with Crippen LogP contribution in [0.2, 0.25) is 0 Å². The zero-order valence-corrected chi connectivity index (χ0v) is 11.6. The summed E-state index contributed by atoms with van der Waals surface area (Å²) in [6.45, 7) is 0. The molecular weight excluding hydrogens is 288 g/mol. The molecule has 0 aliphatic carbocycles. The molecule has 0 unspecified atom stereocenters. The van der Waals surface area contributed by atoms with Gasteiger partial charge >= 0.3 is 0 Å². The standard InChI is InChI=1S/C16H13F2N3O/c17-11-6-5-10(9-12(11)18)19-16(22)8-7-15-20-13-3-1-2-4-14(13)21-15/h1-6,9H,7-8H2,(H,19,22)(H,20,21). The number of H-pyrrole nitrogens is 1. The molecule has 6 heteroatoms. The average molecular weight is 301 g/mol. The Kier molecular flexibility index (Phi) is 3.82. The van der Waals surface area contributed by atoms with Gasteiger partial charge in [-0.15, -0.1) is 0 Å². The van der Waals surface area contributed by atoms with E-state index in [0.717, 1.165) is 23.2 Å². The summed E-state index contributed by atoms with van der Waals surface area (Å²) in [5.74, 6) is -1.51. The monoisotopic (exact) mass is 301 g/mol. The minimum absolute atomic E-state index is 0.193. The molecule has 1 heterocycles. The Balaban J connectivity index is 1.60. The summed E-state index contributed by atoms with van der Waals surface area (Å²) < 4.78 is 25.9. The van der Waals surface area contributed by atoms with Crippen molar-refractivity contribution in [3.05, 3.63) is 59.9 Å². The number of halogens is 2. The molecule has 0 radical (unpaired) electrons. The molecule has 0 atom stereocenters. The van der Waals surface area contributed by atoms with Gasteiger partial charge in [0.2, 0.25) is 5.91 Å². The number of nitrogens with one attached hydrogen (secondary N) is 2. The maximum Gasteiger partial charge on any atom is 0.224 e. The molecule has 0 saturated heterocycles. The number of anilines is 1. The van der Waals surface area contributed by atoms with Crippen molar-refractivity contribution in [2.24, 2.45) is 0 Å². The fourth-order valence-corrected chi connectivity index (χ4v) is 2.15. The molecular formula is C16H13F2N3O. The van der Waals surface area contributed by atoms with E-state index in [1.165, 1.54) is 6.07 Å². The first-order chi connectivity index (χ1) is 10.6. The second-order valence-corrected chi connectivity index (χ2v) is 4.88. The van der Waals surface area contributed by atoms with Crippen LogP contribution in [0.25, 0.3) is 11.0 Å². The number of aromatic amines is 1. The third-order valence-electron chi connectivity index (χ3n) is 3.23. The summed E-state index contributed by atoms with van der Waals surface area (Å²) >= 11 is 0. The summed E-state index contributed by atoms with van der Waals surface area (Å²) in [7, 11) is 0. The van der Waals surface area contributed by atoms with Crippen LogP contribution in [0.3, 0.4) is 0 Å². The van der Waals surface area contributed by atoms with Gasteiger partial charge in [-0.1, -0.05) is 12.1 Å². The van der Waals surface area contributed by atoms with Gasteiger partial charge in [0.05, 0.1) is 11.0 Å². The average Bonchev–Trinajstić information content (AvgIpc) is 2.92. The molecule has 0 bridgehead atoms. The number of aromatic nitrogens is 2. The normalized spacial score (nSPS) is 10.8. The Morgan fingerprint density at radius 3 is 2.73 bits per heavy atom. The largest absolute Gasteiger partial charge is 0.342 e. The van der Waals surface area contributed by atoms with E-state index in [1.54, 1.807) is 0 Å². The fraction of sp³-hybridized carbons (Fsp3) is 0.125. The first kappa shape index (κ1) is 14.2. The fourth-order valence-electron chi connectivity index (χ4n) is 2.15. The van der Waals surface area contributed by atoms with Crippen LogP contribution in [0.5, 0.6) is 0 Å². The molecule has 0 aliphatic rings. The Morgan fingerprint density at radius 1 is 1.14 bits per heavy atom. The molecule has 0 saturated carbocycles. The number of hydrogen-bond acceptors (Lipinski definition) is 2. The Labute approximate surface area is 125 Å². The van der Waals surface area contributed by atoms with Crippen molar-refractivity contribution < 1.29 is 13.6 Å². The first-order valence-corrected chi connectivity index (χ1v) is 6.80. The van der Waals surface area contributed by atoms with Crippen LogP contribution in [0, 0.1) is 11.6 Å². The highest BCUT2D eigenvalue weighted by Gasteiger charge is 2.08. The summed E-state index contributed by atoms with van der Waals surface area (Å²) in [6.07, 6.45) is 0.628. The van der Waals surface area contributed by atoms with E-state index in [2.05, 4.69) is 15.3 Å². The maximum atomic E-state index is 13.1. The zero-order chi connectivity index (χ0) is 15.5. The SMILES string of the molecule is O=C(CCc1nc2ccccc2[nH]1)Nc1ccc(F)c(F)c1. The molecule has 3 rings (SSSR count). The van der Waals surface area contributed by atoms with Crippen molar-refractivity contribution in [3.8, 4) is 0 Å². The van der Waals surface area contributed by atoms with Crippen LogP contribution in [0.15, 0.2) is 42.5 Å². The number of fused-ring (bicyclic) bond motifs is 1. The van der Waals surface area contributed by atoms with Gasteiger partial charge in [0.15, 0.2) is 11.6 Å². The number of benzene rings is 2. The smallest absolute Gasteiger partial charge is 0.224 e. The molecule has 1 amide bonds. The van der Waals surface area contributed by atoms with E-state index in [4.69, 9.17) is 0 Å². The number of amides is 1. The lowest BCUT2D eigenvalue weighted by Crippen LogP contribution is -2.13. The van der Waals surface area contributed by atoms with E-state index in [9.17, 15) is 13.6 Å². The third-order valence-corrected chi connectivity index (χ3v) is 3.23. The Bertz CT molecular complexity index is 796. The van der Waals surface area contributed by atoms with Crippen LogP contribution >= 0.6 is 0 Å². The van der Waals surface area contributed by atoms with Gasteiger partial charge < -0.3 is 10.3 Å². The van der Waals surface area contributed by atoms with Crippen molar-refractivity contribution in [2.75, 3.05) is 5.32 Å². The van der Waals surface area contributed by atoms with E-state index in [1.807, 2.05) is 24.3 Å². The molecule has 3 aromatic rings. The number of carbonyl (C=O) groups excluding carboxylic acids is 1. The van der Waals surface area contributed by atoms with Crippen LogP contribution in [0.4, 0.5) is 14.5 Å². The molecule has 0 spiro atoms. The maximum absolute atomic E-state index is 13.1. The lowest BCUT2D eigenvalue weighted by Gasteiger charge is -2.04. The number of carbonyl (C=O) groups is 1. The highest BCUT2D eigenvalue weighted by Crippen LogP contribution is 2.14. The van der Waals surface area contributed by atoms with Gasteiger partial charge in [0.25, 0.3) is 0 Å². The quantitative estimate of drug-likeness (QED) is 0.776. The predicted molar refractivity (Wildman–Crippen MR) is 79.4 cm³/mol. The molecule has 4 nitrogen and oxygen atoms in total. The highest BCUT2D eigenvalue weighted by atomic mass is 19.2. The van der Waals surface area contributed by atoms with E-state index < -0.39 is 11.6 Å². The van der Waals surface area contributed by atoms with Crippen molar-refractivity contribution in [1.29, 1.82) is 0 Å². The molecule has 2 N–H and O–H groups in total. The van der Waals surface area contributed by atoms with Gasteiger partial charge in [0.1, 0.15) is 5.82 Å². The topological polar surface area (TPSA) is 57.8 Å². The minimum Gasteiger partial charge on any atom is -0.342 e. The summed E-state index contributed by atoms with van der Waals surface area (Å²) in [5.41, 5.74) is 1.99. The molecule has 0 fully saturated rings. The van der Waals surface area contributed by atoms with E-state index in [-0.39, 0.29) is 18.0 Å². The minimum atomic E-state index is -0.991. The van der Waals surface area contributed by atoms with Crippen molar-refractivity contribution >= 4 is 22.6 Å². The predicted octanol–water partition coefficient (Wildman–Crippen LogP) is 3.41. The first-order valence-electron chi connectivity index (χ1n) is 6.80. The van der Waals surface area contributed by atoms with Gasteiger partial charge in [-0.2, -0.15) is 0 Å². The third kappa shape index (κ3) is 3.11. The van der Waals surface area contributed by atoms with Crippen LogP contribution < -0.4 is 5.32 Å². The number of rotatable bonds is 4. The van der Waals surface area contributed by atoms with Crippen molar-refractivity contribution in [1.82, 2.24) is 9.97 Å². The Hall–Kier alpha value is -2.76. The summed E-state index contributed by atoms with van der Waals surface area (Å²) in [6, 6.07) is 10.8. The van der Waals surface area contributed by atoms with Crippen molar-refractivity contribution in [2.45, 2.75) is 12.8 Å². The summed E-state index contributed by atoms with van der Waals surface area (Å²) in [4.78, 5) is 19.3. The molecule has 112 valence electrons. The number of para-hydroxylation sites is 2. The Morgan fingerprint density at radius 2 is 1.95 bits per heavy atom. The highest BCUT2D eigenvalue weighted by molar-refractivity contribution is 5.90. The molecule has 22 heavy (non-hydrogen) atoms. The van der Waals surface area contributed by atoms with Crippen molar-refractivity contribution in [3.63, 3.8) is 0 Å². The number of imidazole rings is 1. The second kappa shape index (κ2) is 5.93. The van der Waals surface area contributed by atoms with Crippen LogP contribution in [-0.4, -0.2) is 15.9 Å². The lowest BCUT2D eigenvalue weighted by atomic mass is 10.2. The van der Waals surface area contributed by atoms with Gasteiger partial charge in [-0.3, -0.25) is 4.79 Å².